The van der Waals surface area contributed by atoms with E-state index in [4.69, 9.17) is 10.5 Å². The van der Waals surface area contributed by atoms with E-state index in [1.54, 1.807) is 7.11 Å². The predicted molar refractivity (Wildman–Crippen MR) is 48.8 cm³/mol. The minimum Gasteiger partial charge on any atom is -0.372 e. The Labute approximate surface area is 73.1 Å². The van der Waals surface area contributed by atoms with Gasteiger partial charge in [0.2, 0.25) is 0 Å². The van der Waals surface area contributed by atoms with Gasteiger partial charge in [-0.05, 0) is 13.0 Å². The van der Waals surface area contributed by atoms with Crippen LogP contribution in [-0.2, 0) is 17.4 Å². The summed E-state index contributed by atoms with van der Waals surface area (Å²) in [5.41, 5.74) is 6.40. The molecule has 1 aromatic rings. The van der Waals surface area contributed by atoms with Crippen LogP contribution in [0.3, 0.4) is 0 Å². The summed E-state index contributed by atoms with van der Waals surface area (Å²) in [6, 6.07) is 2.02. The van der Waals surface area contributed by atoms with Crippen molar-refractivity contribution in [3.05, 3.63) is 24.0 Å². The maximum Gasteiger partial charge on any atom is 0.104 e. The highest BCUT2D eigenvalue weighted by Crippen LogP contribution is 2.22. The number of aryl methyl sites for hydroxylation is 1. The van der Waals surface area contributed by atoms with Crippen molar-refractivity contribution in [1.82, 2.24) is 4.57 Å². The van der Waals surface area contributed by atoms with Gasteiger partial charge >= 0.3 is 0 Å². The normalized spacial score (nSPS) is 16.0. The minimum absolute atomic E-state index is 0.346. The van der Waals surface area contributed by atoms with E-state index in [9.17, 15) is 0 Å². The Balaban J connectivity index is 2.94. The Bertz CT molecular complexity index is 251. The molecular weight excluding hydrogens is 152 g/mol. The molecule has 0 radical (unpaired) electrons. The lowest BCUT2D eigenvalue weighted by molar-refractivity contribution is 0.0101. The van der Waals surface area contributed by atoms with Crippen LogP contribution >= 0.6 is 0 Å². The molecule has 1 unspecified atom stereocenters. The van der Waals surface area contributed by atoms with Gasteiger partial charge in [0, 0.05) is 38.7 Å². The molecule has 0 aliphatic rings. The summed E-state index contributed by atoms with van der Waals surface area (Å²) in [6.45, 7) is 2.48. The molecular formula is C9H16N2O. The summed E-state index contributed by atoms with van der Waals surface area (Å²) in [5, 5.41) is 0. The first kappa shape index (κ1) is 9.29. The van der Waals surface area contributed by atoms with E-state index >= 15 is 0 Å². The fraction of sp³-hybridized carbons (Fsp3) is 0.556. The van der Waals surface area contributed by atoms with Crippen molar-refractivity contribution in [2.45, 2.75) is 12.5 Å². The second-order valence-corrected chi connectivity index (χ2v) is 3.20. The highest BCUT2D eigenvalue weighted by molar-refractivity contribution is 5.19. The molecule has 1 atom stereocenters. The van der Waals surface area contributed by atoms with Crippen molar-refractivity contribution in [2.75, 3.05) is 13.7 Å². The Morgan fingerprint density at radius 3 is 2.67 bits per heavy atom. The number of rotatable bonds is 3. The molecule has 0 aliphatic heterocycles. The number of nitrogens with two attached hydrogens (primary N) is 1. The Hall–Kier alpha value is -0.800. The van der Waals surface area contributed by atoms with Gasteiger partial charge < -0.3 is 15.0 Å². The molecule has 3 heteroatoms. The molecule has 0 fully saturated rings. The molecule has 1 aromatic heterocycles. The lowest BCUT2D eigenvalue weighted by atomic mass is 9.99. The fourth-order valence-electron chi connectivity index (χ4n) is 1.14. The lowest BCUT2D eigenvalue weighted by Crippen LogP contribution is -2.33. The van der Waals surface area contributed by atoms with E-state index in [1.165, 1.54) is 0 Å². The van der Waals surface area contributed by atoms with Gasteiger partial charge in [-0.2, -0.15) is 0 Å². The highest BCUT2D eigenvalue weighted by Gasteiger charge is 2.24. The SMILES string of the molecule is COC(C)(CN)c1ccn(C)c1. The topological polar surface area (TPSA) is 40.2 Å². The average molecular weight is 168 g/mol. The third-order valence-corrected chi connectivity index (χ3v) is 2.28. The molecule has 0 aliphatic carbocycles. The smallest absolute Gasteiger partial charge is 0.104 e. The van der Waals surface area contributed by atoms with Crippen molar-refractivity contribution in [1.29, 1.82) is 0 Å². The second-order valence-electron chi connectivity index (χ2n) is 3.20. The molecule has 0 amide bonds. The molecule has 0 bridgehead atoms. The number of nitrogens with zero attached hydrogens (tertiary/aromatic N) is 1. The Morgan fingerprint density at radius 1 is 1.67 bits per heavy atom. The minimum atomic E-state index is -0.346. The summed E-state index contributed by atoms with van der Waals surface area (Å²) >= 11 is 0. The zero-order valence-electron chi connectivity index (χ0n) is 7.87. The largest absolute Gasteiger partial charge is 0.372 e. The van der Waals surface area contributed by atoms with Gasteiger partial charge in [-0.15, -0.1) is 0 Å². The van der Waals surface area contributed by atoms with Gasteiger partial charge in [0.15, 0.2) is 0 Å². The zero-order valence-corrected chi connectivity index (χ0v) is 7.87. The van der Waals surface area contributed by atoms with E-state index in [1.807, 2.05) is 37.0 Å². The van der Waals surface area contributed by atoms with Crippen LogP contribution in [0.4, 0.5) is 0 Å². The molecule has 12 heavy (non-hydrogen) atoms. The Morgan fingerprint density at radius 2 is 2.33 bits per heavy atom. The van der Waals surface area contributed by atoms with Crippen LogP contribution in [0.15, 0.2) is 18.5 Å². The van der Waals surface area contributed by atoms with Crippen LogP contribution in [0.25, 0.3) is 0 Å². The molecule has 1 heterocycles. The summed E-state index contributed by atoms with van der Waals surface area (Å²) in [7, 11) is 3.66. The van der Waals surface area contributed by atoms with Gasteiger partial charge in [-0.25, -0.2) is 0 Å². The summed E-state index contributed by atoms with van der Waals surface area (Å²) in [5.74, 6) is 0. The number of aromatic nitrogens is 1. The fourth-order valence-corrected chi connectivity index (χ4v) is 1.14. The third-order valence-electron chi connectivity index (χ3n) is 2.28. The second kappa shape index (κ2) is 3.29. The van der Waals surface area contributed by atoms with E-state index in [-0.39, 0.29) is 5.60 Å². The molecule has 1 rings (SSSR count). The van der Waals surface area contributed by atoms with Crippen molar-refractivity contribution >= 4 is 0 Å². The van der Waals surface area contributed by atoms with Gasteiger partial charge in [-0.1, -0.05) is 0 Å². The van der Waals surface area contributed by atoms with E-state index in [0.29, 0.717) is 6.54 Å². The van der Waals surface area contributed by atoms with Crippen LogP contribution in [0.1, 0.15) is 12.5 Å². The summed E-state index contributed by atoms with van der Waals surface area (Å²) in [4.78, 5) is 0. The molecule has 2 N–H and O–H groups in total. The summed E-state index contributed by atoms with van der Waals surface area (Å²) in [6.07, 6.45) is 4.01. The molecule has 68 valence electrons. The third kappa shape index (κ3) is 1.52. The van der Waals surface area contributed by atoms with E-state index in [2.05, 4.69) is 0 Å². The number of methoxy groups -OCH3 is 1. The summed E-state index contributed by atoms with van der Waals surface area (Å²) < 4.78 is 7.34. The van der Waals surface area contributed by atoms with Gasteiger partial charge in [0.25, 0.3) is 0 Å². The monoisotopic (exact) mass is 168 g/mol. The number of hydrogen-bond acceptors (Lipinski definition) is 2. The quantitative estimate of drug-likeness (QED) is 0.726. The average Bonchev–Trinajstić information content (AvgIpc) is 2.51. The highest BCUT2D eigenvalue weighted by atomic mass is 16.5. The maximum atomic E-state index is 5.62. The van der Waals surface area contributed by atoms with Gasteiger partial charge in [0.05, 0.1) is 0 Å². The number of ether oxygens (including phenoxy) is 1. The van der Waals surface area contributed by atoms with Gasteiger partial charge in [-0.3, -0.25) is 0 Å². The van der Waals surface area contributed by atoms with Crippen molar-refractivity contribution in [3.63, 3.8) is 0 Å². The van der Waals surface area contributed by atoms with Crippen LogP contribution in [0.2, 0.25) is 0 Å². The van der Waals surface area contributed by atoms with Crippen molar-refractivity contribution in [2.24, 2.45) is 12.8 Å². The van der Waals surface area contributed by atoms with Crippen LogP contribution in [0, 0.1) is 0 Å². The van der Waals surface area contributed by atoms with Crippen LogP contribution < -0.4 is 5.73 Å². The first-order valence-electron chi connectivity index (χ1n) is 4.00. The van der Waals surface area contributed by atoms with E-state index < -0.39 is 0 Å². The number of hydrogen-bond donors (Lipinski definition) is 1. The predicted octanol–water partition coefficient (Wildman–Crippen LogP) is 0.845. The van der Waals surface area contributed by atoms with Crippen molar-refractivity contribution < 1.29 is 4.74 Å². The van der Waals surface area contributed by atoms with E-state index in [0.717, 1.165) is 5.56 Å². The molecule has 3 nitrogen and oxygen atoms in total. The lowest BCUT2D eigenvalue weighted by Gasteiger charge is -2.25. The molecule has 0 aromatic carbocycles. The van der Waals surface area contributed by atoms with Crippen LogP contribution in [-0.4, -0.2) is 18.2 Å². The zero-order chi connectivity index (χ0) is 9.19. The maximum absolute atomic E-state index is 5.62. The Kier molecular flexibility index (Phi) is 2.55. The molecule has 0 saturated carbocycles. The first-order valence-corrected chi connectivity index (χ1v) is 4.00. The van der Waals surface area contributed by atoms with Crippen LogP contribution in [0.5, 0.6) is 0 Å². The van der Waals surface area contributed by atoms with Gasteiger partial charge in [0.1, 0.15) is 5.60 Å². The molecule has 0 spiro atoms. The molecule has 0 saturated heterocycles. The standard InChI is InChI=1S/C9H16N2O/c1-9(7-10,12-3)8-4-5-11(2)6-8/h4-6H,7,10H2,1-3H3. The first-order chi connectivity index (χ1) is 5.62. The van der Waals surface area contributed by atoms with Crippen molar-refractivity contribution in [3.8, 4) is 0 Å².